The first-order valence-corrected chi connectivity index (χ1v) is 6.75. The molecule has 19 heavy (non-hydrogen) atoms. The van der Waals surface area contributed by atoms with Crippen molar-refractivity contribution in [3.63, 3.8) is 0 Å². The topological polar surface area (TPSA) is 29.9 Å². The van der Waals surface area contributed by atoms with Gasteiger partial charge in [0, 0.05) is 35.6 Å². The molecule has 4 heteroatoms. The van der Waals surface area contributed by atoms with Gasteiger partial charge in [0.25, 0.3) is 0 Å². The molecule has 0 amide bonds. The Labute approximate surface area is 118 Å². The van der Waals surface area contributed by atoms with Crippen LogP contribution < -0.4 is 5.32 Å². The van der Waals surface area contributed by atoms with Crippen molar-refractivity contribution in [1.82, 2.24) is 15.1 Å². The fourth-order valence-electron chi connectivity index (χ4n) is 2.03. The van der Waals surface area contributed by atoms with Crippen molar-refractivity contribution < 1.29 is 0 Å². The summed E-state index contributed by atoms with van der Waals surface area (Å²) in [4.78, 5) is 0. The second kappa shape index (κ2) is 6.55. The molecule has 2 rings (SSSR count). The standard InChI is InChI=1S/C15H18ClN3/c1-3-15(13-6-5-7-14(16)8-13)17-9-12-10-18-19(4-2)11-12/h4-8,10-11,15,17H,2-3,9H2,1H3. The van der Waals surface area contributed by atoms with Crippen LogP contribution in [0.4, 0.5) is 0 Å². The minimum Gasteiger partial charge on any atom is -0.306 e. The number of hydrogen-bond donors (Lipinski definition) is 1. The molecule has 2 aromatic rings. The molecular formula is C15H18ClN3. The van der Waals surface area contributed by atoms with Crippen molar-refractivity contribution in [3.05, 3.63) is 59.4 Å². The zero-order valence-electron chi connectivity index (χ0n) is 11.0. The van der Waals surface area contributed by atoms with Crippen molar-refractivity contribution in [2.45, 2.75) is 25.9 Å². The first-order chi connectivity index (χ1) is 9.22. The van der Waals surface area contributed by atoms with E-state index in [2.05, 4.69) is 30.0 Å². The highest BCUT2D eigenvalue weighted by Gasteiger charge is 2.09. The normalized spacial score (nSPS) is 12.3. The molecule has 1 atom stereocenters. The molecule has 1 N–H and O–H groups in total. The molecule has 0 fully saturated rings. The van der Waals surface area contributed by atoms with Crippen LogP contribution in [-0.4, -0.2) is 9.78 Å². The molecule has 0 spiro atoms. The maximum Gasteiger partial charge on any atom is 0.0538 e. The third-order valence-electron chi connectivity index (χ3n) is 3.05. The number of nitrogens with zero attached hydrogens (tertiary/aromatic N) is 2. The zero-order chi connectivity index (χ0) is 13.7. The van der Waals surface area contributed by atoms with Crippen molar-refractivity contribution >= 4 is 17.8 Å². The number of rotatable bonds is 6. The van der Waals surface area contributed by atoms with Crippen LogP contribution in [0.25, 0.3) is 6.20 Å². The Hall–Kier alpha value is -1.58. The Morgan fingerprint density at radius 2 is 2.37 bits per heavy atom. The quantitative estimate of drug-likeness (QED) is 0.867. The van der Waals surface area contributed by atoms with E-state index in [4.69, 9.17) is 11.6 Å². The molecule has 1 aromatic carbocycles. The Bertz CT molecular complexity index is 548. The smallest absolute Gasteiger partial charge is 0.0538 e. The molecule has 0 aliphatic rings. The lowest BCUT2D eigenvalue weighted by atomic mass is 10.0. The Morgan fingerprint density at radius 3 is 3.00 bits per heavy atom. The summed E-state index contributed by atoms with van der Waals surface area (Å²) in [6.07, 6.45) is 6.50. The molecule has 0 saturated carbocycles. The highest BCUT2D eigenvalue weighted by Crippen LogP contribution is 2.20. The van der Waals surface area contributed by atoms with Gasteiger partial charge in [-0.2, -0.15) is 5.10 Å². The second-order valence-electron chi connectivity index (χ2n) is 4.41. The van der Waals surface area contributed by atoms with E-state index in [0.717, 1.165) is 23.6 Å². The predicted molar refractivity (Wildman–Crippen MR) is 79.9 cm³/mol. The lowest BCUT2D eigenvalue weighted by Crippen LogP contribution is -2.20. The molecule has 1 unspecified atom stereocenters. The maximum absolute atomic E-state index is 6.03. The molecule has 0 bridgehead atoms. The average molecular weight is 276 g/mol. The molecule has 0 saturated heterocycles. The summed E-state index contributed by atoms with van der Waals surface area (Å²) >= 11 is 6.03. The van der Waals surface area contributed by atoms with E-state index >= 15 is 0 Å². The molecule has 0 aliphatic heterocycles. The lowest BCUT2D eigenvalue weighted by molar-refractivity contribution is 0.519. The zero-order valence-corrected chi connectivity index (χ0v) is 11.8. The van der Waals surface area contributed by atoms with Gasteiger partial charge in [-0.05, 0) is 24.1 Å². The molecule has 0 radical (unpaired) electrons. The Balaban J connectivity index is 2.01. The van der Waals surface area contributed by atoms with Gasteiger partial charge in [-0.25, -0.2) is 4.68 Å². The Morgan fingerprint density at radius 1 is 1.53 bits per heavy atom. The molecule has 3 nitrogen and oxygen atoms in total. The van der Waals surface area contributed by atoms with Crippen molar-refractivity contribution in [1.29, 1.82) is 0 Å². The number of benzene rings is 1. The molecule has 1 heterocycles. The van der Waals surface area contributed by atoms with E-state index in [9.17, 15) is 0 Å². The van der Waals surface area contributed by atoms with E-state index in [0.29, 0.717) is 6.04 Å². The van der Waals surface area contributed by atoms with Gasteiger partial charge in [0.05, 0.1) is 6.20 Å². The van der Waals surface area contributed by atoms with Gasteiger partial charge in [0.1, 0.15) is 0 Å². The average Bonchev–Trinajstić information content (AvgIpc) is 2.87. The van der Waals surface area contributed by atoms with E-state index < -0.39 is 0 Å². The predicted octanol–water partition coefficient (Wildman–Crippen LogP) is 3.88. The molecule has 0 aliphatic carbocycles. The SMILES string of the molecule is C=Cn1cc(CNC(CC)c2cccc(Cl)c2)cn1. The molecular weight excluding hydrogens is 258 g/mol. The maximum atomic E-state index is 6.03. The summed E-state index contributed by atoms with van der Waals surface area (Å²) in [5, 5.41) is 8.46. The minimum absolute atomic E-state index is 0.297. The second-order valence-corrected chi connectivity index (χ2v) is 4.84. The van der Waals surface area contributed by atoms with Gasteiger partial charge in [0.15, 0.2) is 0 Å². The number of hydrogen-bond acceptors (Lipinski definition) is 2. The first-order valence-electron chi connectivity index (χ1n) is 6.37. The van der Waals surface area contributed by atoms with Crippen LogP contribution in [0, 0.1) is 0 Å². The van der Waals surface area contributed by atoms with Crippen molar-refractivity contribution in [2.75, 3.05) is 0 Å². The first kappa shape index (κ1) is 13.8. The van der Waals surface area contributed by atoms with Crippen LogP contribution in [0.15, 0.2) is 43.2 Å². The van der Waals surface area contributed by atoms with Gasteiger partial charge in [0.2, 0.25) is 0 Å². The van der Waals surface area contributed by atoms with Gasteiger partial charge in [-0.15, -0.1) is 0 Å². The fourth-order valence-corrected chi connectivity index (χ4v) is 2.23. The highest BCUT2D eigenvalue weighted by atomic mass is 35.5. The van der Waals surface area contributed by atoms with E-state index in [1.807, 2.05) is 30.6 Å². The van der Waals surface area contributed by atoms with Crippen molar-refractivity contribution in [3.8, 4) is 0 Å². The van der Waals surface area contributed by atoms with Crippen LogP contribution in [0.5, 0.6) is 0 Å². The van der Waals surface area contributed by atoms with Crippen LogP contribution >= 0.6 is 11.6 Å². The minimum atomic E-state index is 0.297. The summed E-state index contributed by atoms with van der Waals surface area (Å²) in [5.41, 5.74) is 2.35. The van der Waals surface area contributed by atoms with Crippen molar-refractivity contribution in [2.24, 2.45) is 0 Å². The van der Waals surface area contributed by atoms with Gasteiger partial charge >= 0.3 is 0 Å². The third-order valence-corrected chi connectivity index (χ3v) is 3.29. The molecule has 100 valence electrons. The monoisotopic (exact) mass is 275 g/mol. The van der Waals surface area contributed by atoms with Crippen LogP contribution in [0.1, 0.15) is 30.5 Å². The van der Waals surface area contributed by atoms with E-state index in [-0.39, 0.29) is 0 Å². The Kier molecular flexibility index (Phi) is 4.77. The summed E-state index contributed by atoms with van der Waals surface area (Å²) in [6, 6.07) is 8.28. The van der Waals surface area contributed by atoms with Gasteiger partial charge in [-0.3, -0.25) is 0 Å². The number of halogens is 1. The van der Waals surface area contributed by atoms with Gasteiger partial charge in [-0.1, -0.05) is 37.2 Å². The summed E-state index contributed by atoms with van der Waals surface area (Å²) < 4.78 is 1.71. The number of nitrogens with one attached hydrogen (secondary N) is 1. The summed E-state index contributed by atoms with van der Waals surface area (Å²) in [6.45, 7) is 6.61. The molecule has 1 aromatic heterocycles. The largest absolute Gasteiger partial charge is 0.306 e. The fraction of sp³-hybridized carbons (Fsp3) is 0.267. The summed E-state index contributed by atoms with van der Waals surface area (Å²) in [5.74, 6) is 0. The summed E-state index contributed by atoms with van der Waals surface area (Å²) in [7, 11) is 0. The highest BCUT2D eigenvalue weighted by molar-refractivity contribution is 6.30. The third kappa shape index (κ3) is 3.69. The van der Waals surface area contributed by atoms with Crippen LogP contribution in [0.3, 0.4) is 0 Å². The van der Waals surface area contributed by atoms with E-state index in [1.165, 1.54) is 5.56 Å². The van der Waals surface area contributed by atoms with Crippen LogP contribution in [0.2, 0.25) is 5.02 Å². The van der Waals surface area contributed by atoms with E-state index in [1.54, 1.807) is 10.9 Å². The lowest BCUT2D eigenvalue weighted by Gasteiger charge is -2.17. The van der Waals surface area contributed by atoms with Gasteiger partial charge < -0.3 is 5.32 Å². The number of aromatic nitrogens is 2. The van der Waals surface area contributed by atoms with Crippen LogP contribution in [-0.2, 0) is 6.54 Å².